The van der Waals surface area contributed by atoms with Gasteiger partial charge in [0.2, 0.25) is 0 Å². The van der Waals surface area contributed by atoms with E-state index in [0.29, 0.717) is 16.9 Å². The first-order valence-electron chi connectivity index (χ1n) is 6.98. The second kappa shape index (κ2) is 5.40. The lowest BCUT2D eigenvalue weighted by atomic mass is 9.94. The Morgan fingerprint density at radius 2 is 1.95 bits per heavy atom. The molecule has 0 aliphatic heterocycles. The average molecular weight is 304 g/mol. The third-order valence-corrected chi connectivity index (χ3v) is 3.57. The van der Waals surface area contributed by atoms with E-state index in [1.54, 1.807) is 25.3 Å². The third-order valence-electron chi connectivity index (χ3n) is 3.57. The van der Waals surface area contributed by atoms with Crippen LogP contribution in [0.15, 0.2) is 6.07 Å². The molecule has 0 aliphatic carbocycles. The van der Waals surface area contributed by atoms with Gasteiger partial charge in [0, 0.05) is 17.9 Å². The number of hydrogen-bond donors (Lipinski definition) is 2. The lowest BCUT2D eigenvalue weighted by Gasteiger charge is -2.19. The molecular weight excluding hydrogens is 284 g/mol. The zero-order valence-electron chi connectivity index (χ0n) is 13.4. The van der Waals surface area contributed by atoms with Gasteiger partial charge in [0.15, 0.2) is 5.65 Å². The first kappa shape index (κ1) is 15.9. The van der Waals surface area contributed by atoms with E-state index < -0.39 is 11.4 Å². The Morgan fingerprint density at radius 1 is 1.32 bits per heavy atom. The molecule has 0 saturated carbocycles. The van der Waals surface area contributed by atoms with Crippen LogP contribution in [0, 0.1) is 26.2 Å². The highest BCUT2D eigenvalue weighted by atomic mass is 16.4. The summed E-state index contributed by atoms with van der Waals surface area (Å²) in [5, 5.41) is 16.1. The minimum absolute atomic E-state index is 0.0305. The first-order chi connectivity index (χ1) is 10.1. The van der Waals surface area contributed by atoms with E-state index in [9.17, 15) is 9.59 Å². The SMILES string of the molecule is Cc1cc(C)n2nc(C)c(C(=O)NCC(C)(C)C(=O)O)c2n1. The molecule has 22 heavy (non-hydrogen) atoms. The van der Waals surface area contributed by atoms with Crippen molar-refractivity contribution in [3.8, 4) is 0 Å². The summed E-state index contributed by atoms with van der Waals surface area (Å²) >= 11 is 0. The number of carboxylic acids is 1. The molecule has 0 unspecified atom stereocenters. The molecule has 0 fully saturated rings. The topological polar surface area (TPSA) is 96.6 Å². The number of aryl methyl sites for hydroxylation is 3. The number of nitrogens with one attached hydrogen (secondary N) is 1. The highest BCUT2D eigenvalue weighted by molar-refractivity contribution is 6.01. The third kappa shape index (κ3) is 2.79. The van der Waals surface area contributed by atoms with Crippen molar-refractivity contribution >= 4 is 17.5 Å². The van der Waals surface area contributed by atoms with Crippen molar-refractivity contribution in [2.24, 2.45) is 5.41 Å². The Hall–Kier alpha value is -2.44. The molecule has 118 valence electrons. The fraction of sp³-hybridized carbons (Fsp3) is 0.467. The van der Waals surface area contributed by atoms with Crippen LogP contribution in [0.1, 0.15) is 41.3 Å². The molecule has 0 spiro atoms. The fourth-order valence-electron chi connectivity index (χ4n) is 2.16. The maximum Gasteiger partial charge on any atom is 0.310 e. The van der Waals surface area contributed by atoms with Crippen molar-refractivity contribution in [1.82, 2.24) is 19.9 Å². The molecule has 2 heterocycles. The molecule has 0 bridgehead atoms. The van der Waals surface area contributed by atoms with E-state index in [4.69, 9.17) is 5.11 Å². The molecule has 0 aromatic carbocycles. The van der Waals surface area contributed by atoms with Crippen LogP contribution in [0.25, 0.3) is 5.65 Å². The number of fused-ring (bicyclic) bond motifs is 1. The van der Waals surface area contributed by atoms with Crippen LogP contribution >= 0.6 is 0 Å². The predicted octanol–water partition coefficient (Wildman–Crippen LogP) is 1.50. The number of carbonyl (C=O) groups excluding carboxylic acids is 1. The lowest BCUT2D eigenvalue weighted by Crippen LogP contribution is -2.39. The summed E-state index contributed by atoms with van der Waals surface area (Å²) in [5.41, 5.74) is 2.08. The molecule has 0 radical (unpaired) electrons. The second-order valence-corrected chi connectivity index (χ2v) is 6.11. The number of aromatic nitrogens is 3. The normalized spacial score (nSPS) is 11.7. The van der Waals surface area contributed by atoms with Crippen molar-refractivity contribution in [1.29, 1.82) is 0 Å². The van der Waals surface area contributed by atoms with Crippen LogP contribution in [-0.2, 0) is 4.79 Å². The molecule has 0 aliphatic rings. The van der Waals surface area contributed by atoms with Gasteiger partial charge in [-0.05, 0) is 40.7 Å². The molecule has 7 nitrogen and oxygen atoms in total. The van der Waals surface area contributed by atoms with Crippen LogP contribution in [0.3, 0.4) is 0 Å². The fourth-order valence-corrected chi connectivity index (χ4v) is 2.16. The summed E-state index contributed by atoms with van der Waals surface area (Å²) in [6.45, 7) is 8.63. The average Bonchev–Trinajstić information content (AvgIpc) is 2.72. The van der Waals surface area contributed by atoms with Crippen molar-refractivity contribution < 1.29 is 14.7 Å². The zero-order chi connectivity index (χ0) is 16.7. The van der Waals surface area contributed by atoms with E-state index in [1.807, 2.05) is 19.9 Å². The summed E-state index contributed by atoms with van der Waals surface area (Å²) in [4.78, 5) is 27.9. The molecule has 0 saturated heterocycles. The number of amides is 1. The van der Waals surface area contributed by atoms with Gasteiger partial charge in [-0.15, -0.1) is 0 Å². The first-order valence-corrected chi connectivity index (χ1v) is 6.98. The van der Waals surface area contributed by atoms with Gasteiger partial charge in [-0.2, -0.15) is 5.10 Å². The monoisotopic (exact) mass is 304 g/mol. The maximum absolute atomic E-state index is 12.4. The van der Waals surface area contributed by atoms with Crippen LogP contribution in [-0.4, -0.2) is 38.1 Å². The molecule has 2 aromatic rings. The summed E-state index contributed by atoms with van der Waals surface area (Å²) in [5.74, 6) is -1.33. The van der Waals surface area contributed by atoms with Gasteiger partial charge < -0.3 is 10.4 Å². The molecule has 1 amide bonds. The van der Waals surface area contributed by atoms with E-state index in [1.165, 1.54) is 0 Å². The van der Waals surface area contributed by atoms with Crippen molar-refractivity contribution in [2.75, 3.05) is 6.54 Å². The van der Waals surface area contributed by atoms with E-state index >= 15 is 0 Å². The Morgan fingerprint density at radius 3 is 2.55 bits per heavy atom. The summed E-state index contributed by atoms with van der Waals surface area (Å²) in [7, 11) is 0. The van der Waals surface area contributed by atoms with E-state index in [2.05, 4.69) is 15.4 Å². The lowest BCUT2D eigenvalue weighted by molar-refractivity contribution is -0.146. The van der Waals surface area contributed by atoms with E-state index in [0.717, 1.165) is 11.4 Å². The number of carbonyl (C=O) groups is 2. The van der Waals surface area contributed by atoms with Gasteiger partial charge in [0.1, 0.15) is 5.56 Å². The van der Waals surface area contributed by atoms with Crippen LogP contribution in [0.4, 0.5) is 0 Å². The molecule has 0 atom stereocenters. The van der Waals surface area contributed by atoms with Crippen molar-refractivity contribution in [3.05, 3.63) is 28.7 Å². The Balaban J connectivity index is 2.36. The Labute approximate surface area is 128 Å². The number of carboxylic acid groups (broad SMARTS) is 1. The van der Waals surface area contributed by atoms with E-state index in [-0.39, 0.29) is 12.5 Å². The second-order valence-electron chi connectivity index (χ2n) is 6.11. The summed E-state index contributed by atoms with van der Waals surface area (Å²) in [6.07, 6.45) is 0. The molecule has 2 rings (SSSR count). The largest absolute Gasteiger partial charge is 0.481 e. The predicted molar refractivity (Wildman–Crippen MR) is 80.9 cm³/mol. The smallest absolute Gasteiger partial charge is 0.310 e. The van der Waals surface area contributed by atoms with Gasteiger partial charge in [0.25, 0.3) is 5.91 Å². The molecule has 2 N–H and O–H groups in total. The van der Waals surface area contributed by atoms with Crippen molar-refractivity contribution in [3.63, 3.8) is 0 Å². The highest BCUT2D eigenvalue weighted by Gasteiger charge is 2.29. The summed E-state index contributed by atoms with van der Waals surface area (Å²) in [6, 6.07) is 1.88. The van der Waals surface area contributed by atoms with Crippen LogP contribution < -0.4 is 5.32 Å². The van der Waals surface area contributed by atoms with Crippen molar-refractivity contribution in [2.45, 2.75) is 34.6 Å². The van der Waals surface area contributed by atoms with Gasteiger partial charge in [-0.3, -0.25) is 9.59 Å². The Bertz CT molecular complexity index is 762. The number of rotatable bonds is 4. The summed E-state index contributed by atoms with van der Waals surface area (Å²) < 4.78 is 1.62. The molecule has 2 aromatic heterocycles. The number of hydrogen-bond acceptors (Lipinski definition) is 4. The molecular formula is C15H20N4O3. The van der Waals surface area contributed by atoms with Crippen LogP contribution in [0.5, 0.6) is 0 Å². The molecule has 7 heteroatoms. The van der Waals surface area contributed by atoms with Gasteiger partial charge >= 0.3 is 5.97 Å². The van der Waals surface area contributed by atoms with Gasteiger partial charge in [-0.1, -0.05) is 0 Å². The highest BCUT2D eigenvalue weighted by Crippen LogP contribution is 2.18. The number of nitrogens with zero attached hydrogens (tertiary/aromatic N) is 3. The van der Waals surface area contributed by atoms with Gasteiger partial charge in [-0.25, -0.2) is 9.50 Å². The zero-order valence-corrected chi connectivity index (χ0v) is 13.4. The van der Waals surface area contributed by atoms with Gasteiger partial charge in [0.05, 0.1) is 11.1 Å². The maximum atomic E-state index is 12.4. The minimum Gasteiger partial charge on any atom is -0.481 e. The number of aliphatic carboxylic acids is 1. The quantitative estimate of drug-likeness (QED) is 0.892. The standard InChI is InChI=1S/C15H20N4O3/c1-8-6-9(2)19-12(17-8)11(10(3)18-19)13(20)16-7-15(4,5)14(21)22/h6H,7H2,1-5H3,(H,16,20)(H,21,22). The Kier molecular flexibility index (Phi) is 3.91. The van der Waals surface area contributed by atoms with Crippen LogP contribution in [0.2, 0.25) is 0 Å². The minimum atomic E-state index is -1.04.